The van der Waals surface area contributed by atoms with Gasteiger partial charge in [0.2, 0.25) is 5.91 Å². The van der Waals surface area contributed by atoms with Crippen LogP contribution in [0.2, 0.25) is 0 Å². The summed E-state index contributed by atoms with van der Waals surface area (Å²) < 4.78 is 15.7. The number of aryl methyl sites for hydroxylation is 2. The first-order valence-electron chi connectivity index (χ1n) is 13.2. The molecule has 5 aromatic rings. The second-order valence-corrected chi connectivity index (χ2v) is 11.3. The predicted molar refractivity (Wildman–Crippen MR) is 158 cm³/mol. The average molecular weight is 564 g/mol. The Labute approximate surface area is 240 Å². The molecule has 0 radical (unpaired) electrons. The third-order valence-corrected chi connectivity index (χ3v) is 8.32. The van der Waals surface area contributed by atoms with Crippen LogP contribution in [0.15, 0.2) is 91.0 Å². The number of fused-ring (bicyclic) bond motifs is 1. The molecule has 1 atom stereocenters. The van der Waals surface area contributed by atoms with Gasteiger partial charge in [0.1, 0.15) is 16.9 Å². The van der Waals surface area contributed by atoms with Gasteiger partial charge in [-0.15, -0.1) is 11.3 Å². The van der Waals surface area contributed by atoms with Crippen molar-refractivity contribution < 1.29 is 18.8 Å². The molecule has 1 aliphatic rings. The molecule has 6 nitrogen and oxygen atoms in total. The van der Waals surface area contributed by atoms with Crippen molar-refractivity contribution in [2.45, 2.75) is 32.9 Å². The van der Waals surface area contributed by atoms with E-state index < -0.39 is 29.6 Å². The molecule has 4 aromatic carbocycles. The Morgan fingerprint density at radius 3 is 2.39 bits per heavy atom. The van der Waals surface area contributed by atoms with E-state index in [1.54, 1.807) is 29.5 Å². The van der Waals surface area contributed by atoms with Gasteiger partial charge in [-0.25, -0.2) is 14.3 Å². The van der Waals surface area contributed by atoms with Crippen LogP contribution in [0.25, 0.3) is 20.8 Å². The number of hydrogen-bond donors (Lipinski definition) is 0. The SMILES string of the molecule is Cc1ccc(CN(C(=O)c2ccccc2F)C2CC(=O)N(c3ccc(-c4nc5ccc(C)cc5s4)cc3)C2=O)cc1. The Hall–Kier alpha value is -4.69. The standard InChI is InChI=1S/C33H26FN3O3S/c1-20-7-10-22(11-8-20)19-36(32(39)25-5-3-4-6-26(25)34)28-18-30(38)37(33(28)40)24-14-12-23(13-15-24)31-35-27-16-9-21(2)17-29(27)41-31/h3-17,28H,18-19H2,1-2H3. The van der Waals surface area contributed by atoms with Crippen LogP contribution in [0.5, 0.6) is 0 Å². The van der Waals surface area contributed by atoms with Crippen molar-refractivity contribution >= 4 is 45.0 Å². The van der Waals surface area contributed by atoms with Crippen molar-refractivity contribution in [1.82, 2.24) is 9.88 Å². The van der Waals surface area contributed by atoms with Crippen LogP contribution >= 0.6 is 11.3 Å². The minimum Gasteiger partial charge on any atom is -0.322 e. The molecular weight excluding hydrogens is 537 g/mol. The van der Waals surface area contributed by atoms with Crippen LogP contribution < -0.4 is 4.90 Å². The highest BCUT2D eigenvalue weighted by Gasteiger charge is 2.44. The van der Waals surface area contributed by atoms with Crippen LogP contribution in [-0.2, 0) is 16.1 Å². The number of hydrogen-bond acceptors (Lipinski definition) is 5. The third-order valence-electron chi connectivity index (χ3n) is 7.25. The zero-order valence-corrected chi connectivity index (χ0v) is 23.3. The second kappa shape index (κ2) is 10.7. The molecule has 2 heterocycles. The Morgan fingerprint density at radius 1 is 0.951 bits per heavy atom. The minimum absolute atomic E-state index is 0.0565. The van der Waals surface area contributed by atoms with E-state index in [-0.39, 0.29) is 18.5 Å². The van der Waals surface area contributed by atoms with Crippen LogP contribution in [0.4, 0.5) is 10.1 Å². The van der Waals surface area contributed by atoms with Crippen LogP contribution in [0, 0.1) is 19.7 Å². The van der Waals surface area contributed by atoms with Gasteiger partial charge in [0.15, 0.2) is 0 Å². The molecule has 41 heavy (non-hydrogen) atoms. The molecule has 1 saturated heterocycles. The number of thiazole rings is 1. The van der Waals surface area contributed by atoms with Crippen LogP contribution in [-0.4, -0.2) is 33.6 Å². The van der Waals surface area contributed by atoms with E-state index in [9.17, 15) is 18.8 Å². The molecule has 1 aliphatic heterocycles. The van der Waals surface area contributed by atoms with Gasteiger partial charge in [-0.1, -0.05) is 48.0 Å². The van der Waals surface area contributed by atoms with E-state index in [1.807, 2.05) is 62.4 Å². The summed E-state index contributed by atoms with van der Waals surface area (Å²) in [4.78, 5) is 47.7. The highest BCUT2D eigenvalue weighted by atomic mass is 32.1. The van der Waals surface area contributed by atoms with E-state index in [0.717, 1.165) is 42.4 Å². The van der Waals surface area contributed by atoms with Gasteiger partial charge in [0.25, 0.3) is 11.8 Å². The van der Waals surface area contributed by atoms with Crippen molar-refractivity contribution in [2.24, 2.45) is 0 Å². The smallest absolute Gasteiger partial charge is 0.257 e. The lowest BCUT2D eigenvalue weighted by Crippen LogP contribution is -2.45. The van der Waals surface area contributed by atoms with Crippen molar-refractivity contribution in [3.63, 3.8) is 0 Å². The summed E-state index contributed by atoms with van der Waals surface area (Å²) in [6, 6.07) is 25.3. The van der Waals surface area contributed by atoms with E-state index in [4.69, 9.17) is 4.98 Å². The van der Waals surface area contributed by atoms with Crippen LogP contribution in [0.3, 0.4) is 0 Å². The number of amides is 3. The first-order chi connectivity index (χ1) is 19.8. The summed E-state index contributed by atoms with van der Waals surface area (Å²) in [6.45, 7) is 4.05. The minimum atomic E-state index is -1.07. The molecule has 204 valence electrons. The Bertz CT molecular complexity index is 1800. The maximum absolute atomic E-state index is 14.6. The molecule has 0 spiro atoms. The van der Waals surface area contributed by atoms with E-state index in [2.05, 4.69) is 6.07 Å². The number of carbonyl (C=O) groups is 3. The first-order valence-corrected chi connectivity index (χ1v) is 14.1. The van der Waals surface area contributed by atoms with E-state index >= 15 is 0 Å². The lowest BCUT2D eigenvalue weighted by Gasteiger charge is -2.28. The van der Waals surface area contributed by atoms with Gasteiger partial charge in [0, 0.05) is 12.1 Å². The molecule has 1 fully saturated rings. The average Bonchev–Trinajstić information content (AvgIpc) is 3.52. The fourth-order valence-electron chi connectivity index (χ4n) is 5.04. The number of benzene rings is 4. The molecule has 0 bridgehead atoms. The maximum Gasteiger partial charge on any atom is 0.257 e. The molecule has 6 rings (SSSR count). The molecule has 0 N–H and O–H groups in total. The van der Waals surface area contributed by atoms with Gasteiger partial charge in [-0.3, -0.25) is 14.4 Å². The summed E-state index contributed by atoms with van der Waals surface area (Å²) in [7, 11) is 0. The van der Waals surface area contributed by atoms with Crippen molar-refractivity contribution in [1.29, 1.82) is 0 Å². The van der Waals surface area contributed by atoms with E-state index in [1.165, 1.54) is 23.1 Å². The number of anilines is 1. The first kappa shape index (κ1) is 26.5. The lowest BCUT2D eigenvalue weighted by molar-refractivity contribution is -0.122. The topological polar surface area (TPSA) is 70.6 Å². The molecule has 1 aromatic heterocycles. The summed E-state index contributed by atoms with van der Waals surface area (Å²) in [6.07, 6.45) is -0.191. The van der Waals surface area contributed by atoms with Crippen molar-refractivity contribution in [2.75, 3.05) is 4.90 Å². The molecule has 3 amide bonds. The van der Waals surface area contributed by atoms with Gasteiger partial charge < -0.3 is 4.90 Å². The molecular formula is C33H26FN3O3S. The second-order valence-electron chi connectivity index (χ2n) is 10.2. The fourth-order valence-corrected chi connectivity index (χ4v) is 6.11. The number of imide groups is 1. The van der Waals surface area contributed by atoms with Gasteiger partial charge in [-0.05, 0) is 73.5 Å². The number of nitrogens with zero attached hydrogens (tertiary/aromatic N) is 3. The Balaban J connectivity index is 1.29. The lowest BCUT2D eigenvalue weighted by atomic mass is 10.1. The molecule has 1 unspecified atom stereocenters. The van der Waals surface area contributed by atoms with Gasteiger partial charge in [0.05, 0.1) is 27.9 Å². The summed E-state index contributed by atoms with van der Waals surface area (Å²) >= 11 is 1.58. The summed E-state index contributed by atoms with van der Waals surface area (Å²) in [5, 5.41) is 0.842. The molecule has 8 heteroatoms. The Kier molecular flexibility index (Phi) is 6.93. The highest BCUT2D eigenvalue weighted by molar-refractivity contribution is 7.21. The fraction of sp³-hybridized carbons (Fsp3) is 0.152. The van der Waals surface area contributed by atoms with Gasteiger partial charge >= 0.3 is 0 Å². The number of carbonyl (C=O) groups excluding carboxylic acids is 3. The summed E-state index contributed by atoms with van der Waals surface area (Å²) in [5.74, 6) is -2.26. The Morgan fingerprint density at radius 2 is 1.66 bits per heavy atom. The largest absolute Gasteiger partial charge is 0.322 e. The number of rotatable bonds is 6. The molecule has 0 aliphatic carbocycles. The van der Waals surface area contributed by atoms with Crippen molar-refractivity contribution in [3.8, 4) is 10.6 Å². The highest BCUT2D eigenvalue weighted by Crippen LogP contribution is 2.33. The maximum atomic E-state index is 14.6. The predicted octanol–water partition coefficient (Wildman–Crippen LogP) is 6.69. The molecule has 0 saturated carbocycles. The zero-order valence-electron chi connectivity index (χ0n) is 22.5. The normalized spacial score (nSPS) is 15.1. The quantitative estimate of drug-likeness (QED) is 0.216. The zero-order chi connectivity index (χ0) is 28.7. The number of aromatic nitrogens is 1. The summed E-state index contributed by atoms with van der Waals surface area (Å²) in [5.41, 5.74) is 5.04. The third kappa shape index (κ3) is 5.14. The van der Waals surface area contributed by atoms with E-state index in [0.29, 0.717) is 5.69 Å². The van der Waals surface area contributed by atoms with Crippen molar-refractivity contribution in [3.05, 3.63) is 119 Å². The monoisotopic (exact) mass is 563 g/mol. The van der Waals surface area contributed by atoms with Gasteiger partial charge in [-0.2, -0.15) is 0 Å². The van der Waals surface area contributed by atoms with Crippen LogP contribution in [0.1, 0.15) is 33.5 Å². The number of halogens is 1.